The van der Waals surface area contributed by atoms with E-state index in [0.717, 1.165) is 31.6 Å². The number of morpholine rings is 1. The number of amides is 2. The van der Waals surface area contributed by atoms with Crippen molar-refractivity contribution in [1.82, 2.24) is 15.1 Å². The van der Waals surface area contributed by atoms with Crippen LogP contribution in [0.4, 0.5) is 4.79 Å². The third kappa shape index (κ3) is 6.68. The molecule has 2 saturated heterocycles. The minimum Gasteiger partial charge on any atom is -0.444 e. The number of hydrogen-bond acceptors (Lipinski definition) is 5. The molecule has 0 aromatic heterocycles. The monoisotopic (exact) mass is 431 g/mol. The first kappa shape index (κ1) is 23.5. The van der Waals surface area contributed by atoms with Gasteiger partial charge in [0.2, 0.25) is 5.91 Å². The van der Waals surface area contributed by atoms with Crippen molar-refractivity contribution in [3.8, 4) is 0 Å². The predicted octanol–water partition coefficient (Wildman–Crippen LogP) is 3.31. The number of carbonyl (C=O) groups is 2. The highest BCUT2D eigenvalue weighted by molar-refractivity contribution is 5.86. The average Bonchev–Trinajstić information content (AvgIpc) is 3.15. The fraction of sp³-hybridized carbons (Fsp3) is 0.667. The van der Waals surface area contributed by atoms with Crippen molar-refractivity contribution in [3.63, 3.8) is 0 Å². The van der Waals surface area contributed by atoms with E-state index in [1.165, 1.54) is 5.56 Å². The molecule has 0 aliphatic carbocycles. The Kier molecular flexibility index (Phi) is 7.59. The van der Waals surface area contributed by atoms with Gasteiger partial charge < -0.3 is 14.8 Å². The van der Waals surface area contributed by atoms with E-state index in [1.807, 2.05) is 32.9 Å². The van der Waals surface area contributed by atoms with Gasteiger partial charge in [-0.05, 0) is 58.6 Å². The molecule has 3 unspecified atom stereocenters. The Labute approximate surface area is 186 Å². The topological polar surface area (TPSA) is 71.1 Å². The summed E-state index contributed by atoms with van der Waals surface area (Å²) in [7, 11) is 0. The fourth-order valence-electron chi connectivity index (χ4n) is 4.42. The molecule has 0 spiro atoms. The number of ether oxygens (including phenoxy) is 2. The quantitative estimate of drug-likeness (QED) is 0.775. The van der Waals surface area contributed by atoms with Gasteiger partial charge >= 0.3 is 6.09 Å². The van der Waals surface area contributed by atoms with Crippen LogP contribution in [0.1, 0.15) is 58.6 Å². The van der Waals surface area contributed by atoms with E-state index in [0.29, 0.717) is 19.5 Å². The van der Waals surface area contributed by atoms with Crippen LogP contribution in [0.15, 0.2) is 24.3 Å². The molecule has 1 aromatic rings. The minimum atomic E-state index is -0.575. The second kappa shape index (κ2) is 10.0. The Bertz CT molecular complexity index is 766. The van der Waals surface area contributed by atoms with Gasteiger partial charge in [-0.1, -0.05) is 24.3 Å². The van der Waals surface area contributed by atoms with Gasteiger partial charge in [-0.25, -0.2) is 4.79 Å². The van der Waals surface area contributed by atoms with Gasteiger partial charge in [0.05, 0.1) is 12.2 Å². The normalized spacial score (nSPS) is 24.8. The number of benzene rings is 1. The Balaban J connectivity index is 1.59. The summed E-state index contributed by atoms with van der Waals surface area (Å²) in [6, 6.07) is 7.74. The van der Waals surface area contributed by atoms with Gasteiger partial charge in [0.15, 0.2) is 0 Å². The van der Waals surface area contributed by atoms with Gasteiger partial charge in [0, 0.05) is 32.7 Å². The molecule has 2 fully saturated rings. The zero-order valence-electron chi connectivity index (χ0n) is 19.5. The Hall–Kier alpha value is -2.12. The summed E-state index contributed by atoms with van der Waals surface area (Å²) in [5.74, 6) is -0.119. The molecule has 0 saturated carbocycles. The first-order chi connectivity index (χ1) is 14.6. The summed E-state index contributed by atoms with van der Waals surface area (Å²) >= 11 is 0. The molecular weight excluding hydrogens is 394 g/mol. The molecule has 2 aliphatic heterocycles. The molecular formula is C24H37N3O4. The molecule has 172 valence electrons. The average molecular weight is 432 g/mol. The number of hydrogen-bond donors (Lipinski definition) is 1. The maximum absolute atomic E-state index is 12.9. The predicted molar refractivity (Wildman–Crippen MR) is 120 cm³/mol. The Morgan fingerprint density at radius 3 is 2.42 bits per heavy atom. The SMILES string of the molecule is CC1CN(Cc2ccccc2CNC(=O)C2CCCN2C(=O)OC(C)(C)C)CC(C)O1. The second-order valence-corrected chi connectivity index (χ2v) is 9.77. The highest BCUT2D eigenvalue weighted by atomic mass is 16.6. The highest BCUT2D eigenvalue weighted by Gasteiger charge is 2.36. The molecule has 3 rings (SSSR count). The summed E-state index contributed by atoms with van der Waals surface area (Å²) in [6.45, 7) is 13.3. The Morgan fingerprint density at radius 1 is 1.13 bits per heavy atom. The standard InChI is InChI=1S/C24H37N3O4/c1-17-14-26(15-18(2)30-17)16-20-10-7-6-9-19(20)13-25-22(28)21-11-8-12-27(21)23(29)31-24(3,4)5/h6-7,9-10,17-18,21H,8,11-16H2,1-5H3,(H,25,28). The summed E-state index contributed by atoms with van der Waals surface area (Å²) in [4.78, 5) is 29.3. The van der Waals surface area contributed by atoms with Crippen LogP contribution in [0.3, 0.4) is 0 Å². The van der Waals surface area contributed by atoms with Crippen molar-refractivity contribution >= 4 is 12.0 Å². The summed E-state index contributed by atoms with van der Waals surface area (Å²) < 4.78 is 11.3. The molecule has 1 N–H and O–H groups in total. The number of carbonyl (C=O) groups excluding carboxylic acids is 2. The van der Waals surface area contributed by atoms with Crippen molar-refractivity contribution in [3.05, 3.63) is 35.4 Å². The maximum Gasteiger partial charge on any atom is 0.410 e. The van der Waals surface area contributed by atoms with Gasteiger partial charge in [-0.15, -0.1) is 0 Å². The van der Waals surface area contributed by atoms with Crippen molar-refractivity contribution in [2.75, 3.05) is 19.6 Å². The number of nitrogens with one attached hydrogen (secondary N) is 1. The molecule has 3 atom stereocenters. The van der Waals surface area contributed by atoms with E-state index in [9.17, 15) is 9.59 Å². The third-order valence-corrected chi connectivity index (χ3v) is 5.64. The molecule has 7 heteroatoms. The minimum absolute atomic E-state index is 0.119. The van der Waals surface area contributed by atoms with Crippen LogP contribution in [-0.4, -0.2) is 65.3 Å². The van der Waals surface area contributed by atoms with Gasteiger partial charge in [-0.3, -0.25) is 14.6 Å². The lowest BCUT2D eigenvalue weighted by atomic mass is 10.1. The molecule has 0 radical (unpaired) electrons. The Morgan fingerprint density at radius 2 is 1.77 bits per heavy atom. The van der Waals surface area contributed by atoms with Crippen molar-refractivity contribution in [1.29, 1.82) is 0 Å². The molecule has 1 aromatic carbocycles. The second-order valence-electron chi connectivity index (χ2n) is 9.77. The maximum atomic E-state index is 12.9. The van der Waals surface area contributed by atoms with Crippen molar-refractivity contribution < 1.29 is 19.1 Å². The zero-order valence-corrected chi connectivity index (χ0v) is 19.5. The molecule has 0 bridgehead atoms. The molecule has 7 nitrogen and oxygen atoms in total. The van der Waals surface area contributed by atoms with Crippen LogP contribution in [0.5, 0.6) is 0 Å². The van der Waals surface area contributed by atoms with Crippen LogP contribution >= 0.6 is 0 Å². The van der Waals surface area contributed by atoms with Gasteiger partial charge in [-0.2, -0.15) is 0 Å². The van der Waals surface area contributed by atoms with Gasteiger partial charge in [0.1, 0.15) is 11.6 Å². The molecule has 31 heavy (non-hydrogen) atoms. The summed E-state index contributed by atoms with van der Waals surface area (Å²) in [5, 5.41) is 3.05. The molecule has 2 aliphatic rings. The highest BCUT2D eigenvalue weighted by Crippen LogP contribution is 2.22. The number of nitrogens with zero attached hydrogens (tertiary/aromatic N) is 2. The van der Waals surface area contributed by atoms with Crippen molar-refractivity contribution in [2.24, 2.45) is 0 Å². The fourth-order valence-corrected chi connectivity index (χ4v) is 4.42. The van der Waals surface area contributed by atoms with Gasteiger partial charge in [0.25, 0.3) is 0 Å². The summed E-state index contributed by atoms with van der Waals surface area (Å²) in [5.41, 5.74) is 1.73. The largest absolute Gasteiger partial charge is 0.444 e. The number of rotatable bonds is 5. The first-order valence-corrected chi connectivity index (χ1v) is 11.3. The van der Waals surface area contributed by atoms with E-state index in [4.69, 9.17) is 9.47 Å². The first-order valence-electron chi connectivity index (χ1n) is 11.3. The van der Waals surface area contributed by atoms with Crippen LogP contribution in [0.25, 0.3) is 0 Å². The van der Waals surface area contributed by atoms with E-state index >= 15 is 0 Å². The lowest BCUT2D eigenvalue weighted by molar-refractivity contribution is -0.125. The molecule has 2 amide bonds. The zero-order chi connectivity index (χ0) is 22.6. The smallest absolute Gasteiger partial charge is 0.410 e. The van der Waals surface area contributed by atoms with Crippen LogP contribution < -0.4 is 5.32 Å². The molecule has 2 heterocycles. The van der Waals surface area contributed by atoms with Crippen LogP contribution in [-0.2, 0) is 27.4 Å². The van der Waals surface area contributed by atoms with Crippen LogP contribution in [0.2, 0.25) is 0 Å². The van der Waals surface area contributed by atoms with Crippen LogP contribution in [0, 0.1) is 0 Å². The third-order valence-electron chi connectivity index (χ3n) is 5.64. The van der Waals surface area contributed by atoms with E-state index in [2.05, 4.69) is 36.2 Å². The van der Waals surface area contributed by atoms with E-state index in [-0.39, 0.29) is 18.1 Å². The lowest BCUT2D eigenvalue weighted by Gasteiger charge is -2.35. The van der Waals surface area contributed by atoms with E-state index in [1.54, 1.807) is 4.90 Å². The van der Waals surface area contributed by atoms with E-state index < -0.39 is 17.7 Å². The summed E-state index contributed by atoms with van der Waals surface area (Å²) in [6.07, 6.45) is 1.49. The number of likely N-dealkylation sites (tertiary alicyclic amines) is 1. The van der Waals surface area contributed by atoms with Crippen molar-refractivity contribution in [2.45, 2.75) is 84.4 Å². The lowest BCUT2D eigenvalue weighted by Crippen LogP contribution is -2.47.